The fourth-order valence-corrected chi connectivity index (χ4v) is 4.77. The van der Waals surface area contributed by atoms with Crippen molar-refractivity contribution in [2.75, 3.05) is 6.61 Å². The fraction of sp³-hybridized carbons (Fsp3) is 0.391. The van der Waals surface area contributed by atoms with Gasteiger partial charge in [0.1, 0.15) is 29.7 Å². The molecule has 2 N–H and O–H groups in total. The van der Waals surface area contributed by atoms with Gasteiger partial charge in [0.25, 0.3) is 5.91 Å². The number of aliphatic carboxylic acids is 1. The maximum absolute atomic E-state index is 13.3. The molecule has 3 heterocycles. The number of furan rings is 1. The normalized spacial score (nSPS) is 20.4. The molecule has 1 aliphatic rings. The van der Waals surface area contributed by atoms with Gasteiger partial charge in [-0.05, 0) is 26.8 Å². The van der Waals surface area contributed by atoms with Gasteiger partial charge in [0.2, 0.25) is 0 Å². The molecular formula is C23H23N3O6S. The number of hydrogen-bond donors (Lipinski definition) is 2. The van der Waals surface area contributed by atoms with Crippen LogP contribution in [-0.2, 0) is 16.1 Å². The number of carboxylic acids is 1. The van der Waals surface area contributed by atoms with Crippen molar-refractivity contribution in [2.45, 2.75) is 51.9 Å². The Balaban J connectivity index is 1.70. The molecule has 0 bridgehead atoms. The van der Waals surface area contributed by atoms with E-state index in [-0.39, 0.29) is 54.6 Å². The van der Waals surface area contributed by atoms with Crippen LogP contribution >= 0.6 is 11.3 Å². The number of benzene rings is 1. The summed E-state index contributed by atoms with van der Waals surface area (Å²) in [7, 11) is 0. The third-order valence-corrected chi connectivity index (χ3v) is 6.74. The number of rotatable bonds is 6. The third kappa shape index (κ3) is 4.29. The van der Waals surface area contributed by atoms with Crippen molar-refractivity contribution in [3.63, 3.8) is 0 Å². The van der Waals surface area contributed by atoms with Crippen LogP contribution in [0, 0.1) is 25.2 Å². The zero-order chi connectivity index (χ0) is 23.8. The van der Waals surface area contributed by atoms with Crippen molar-refractivity contribution >= 4 is 34.2 Å². The van der Waals surface area contributed by atoms with Gasteiger partial charge in [0.15, 0.2) is 5.58 Å². The van der Waals surface area contributed by atoms with Gasteiger partial charge in [0.05, 0.1) is 33.3 Å². The zero-order valence-electron chi connectivity index (χ0n) is 18.4. The van der Waals surface area contributed by atoms with Crippen LogP contribution in [0.4, 0.5) is 0 Å². The molecule has 1 saturated heterocycles. The molecule has 1 amide bonds. The first-order valence-corrected chi connectivity index (χ1v) is 11.3. The summed E-state index contributed by atoms with van der Waals surface area (Å²) in [5.41, 5.74) is 1.81. The van der Waals surface area contributed by atoms with Gasteiger partial charge < -0.3 is 24.3 Å². The summed E-state index contributed by atoms with van der Waals surface area (Å²) in [5, 5.41) is 22.6. The van der Waals surface area contributed by atoms with Crippen LogP contribution in [0.1, 0.15) is 52.0 Å². The molecule has 3 aromatic rings. The lowest BCUT2D eigenvalue weighted by molar-refractivity contribution is -0.150. The van der Waals surface area contributed by atoms with Crippen LogP contribution in [0.25, 0.3) is 11.0 Å². The van der Waals surface area contributed by atoms with E-state index < -0.39 is 17.4 Å². The van der Waals surface area contributed by atoms with Crippen molar-refractivity contribution in [1.82, 2.24) is 10.3 Å². The number of nitriles is 1. The van der Waals surface area contributed by atoms with E-state index in [0.29, 0.717) is 11.1 Å². The lowest BCUT2D eigenvalue weighted by Crippen LogP contribution is -2.58. The van der Waals surface area contributed by atoms with Crippen LogP contribution in [0.15, 0.2) is 22.1 Å². The molecule has 1 aliphatic heterocycles. The number of nitrogens with one attached hydrogen (secondary N) is 1. The average Bonchev–Trinajstić information content (AvgIpc) is 3.33. The summed E-state index contributed by atoms with van der Waals surface area (Å²) < 4.78 is 17.1. The highest BCUT2D eigenvalue weighted by atomic mass is 32.1. The molecule has 4 rings (SSSR count). The quantitative estimate of drug-likeness (QED) is 0.558. The van der Waals surface area contributed by atoms with Crippen molar-refractivity contribution in [2.24, 2.45) is 0 Å². The van der Waals surface area contributed by atoms with Crippen LogP contribution in [0.3, 0.4) is 0 Å². The van der Waals surface area contributed by atoms with E-state index in [1.807, 2.05) is 6.92 Å². The summed E-state index contributed by atoms with van der Waals surface area (Å²) in [5.74, 6) is -1.01. The summed E-state index contributed by atoms with van der Waals surface area (Å²) in [6, 6.07) is 5.28. The smallest absolute Gasteiger partial charge is 0.329 e. The minimum atomic E-state index is -1.44. The van der Waals surface area contributed by atoms with E-state index in [1.165, 1.54) is 11.3 Å². The standard InChI is InChI=1S/C23H23N3O6S/c1-12-8-23(22(28)29,4-5-30-12)26-21(27)19-14(3)32-20-15(9-24)6-16(7-17(19)20)31-10-18-13(2)25-11-33-18/h6-7,11-12H,4-5,8,10H2,1-3H3,(H,26,27)(H,28,29). The lowest BCUT2D eigenvalue weighted by atomic mass is 9.86. The monoisotopic (exact) mass is 469 g/mol. The van der Waals surface area contributed by atoms with E-state index in [4.69, 9.17) is 13.9 Å². The highest BCUT2D eigenvalue weighted by Crippen LogP contribution is 2.34. The summed E-state index contributed by atoms with van der Waals surface area (Å²) in [6.07, 6.45) is -0.00789. The number of aryl methyl sites for hydroxylation is 2. The molecule has 1 fully saturated rings. The van der Waals surface area contributed by atoms with Crippen LogP contribution in [-0.4, -0.2) is 40.2 Å². The molecule has 0 spiro atoms. The SMILES string of the molecule is Cc1ncsc1COc1cc(C#N)c2oc(C)c(C(=O)NC3(C(=O)O)CCOC(C)C3)c2c1. The van der Waals surface area contributed by atoms with Gasteiger partial charge in [-0.1, -0.05) is 0 Å². The molecule has 0 saturated carbocycles. The zero-order valence-corrected chi connectivity index (χ0v) is 19.2. The Hall–Kier alpha value is -3.42. The topological polar surface area (TPSA) is 135 Å². The molecule has 33 heavy (non-hydrogen) atoms. The maximum Gasteiger partial charge on any atom is 0.329 e. The number of aromatic nitrogens is 1. The van der Waals surface area contributed by atoms with Gasteiger partial charge >= 0.3 is 5.97 Å². The first kappa shape index (κ1) is 22.8. The Labute approximate surface area is 193 Å². The first-order chi connectivity index (χ1) is 15.7. The second-order valence-electron chi connectivity index (χ2n) is 8.12. The lowest BCUT2D eigenvalue weighted by Gasteiger charge is -2.37. The number of nitrogens with zero attached hydrogens (tertiary/aromatic N) is 2. The molecular weight excluding hydrogens is 446 g/mol. The Bertz CT molecular complexity index is 1270. The summed E-state index contributed by atoms with van der Waals surface area (Å²) in [4.78, 5) is 30.6. The third-order valence-electron chi connectivity index (χ3n) is 5.83. The van der Waals surface area contributed by atoms with Crippen LogP contribution in [0.5, 0.6) is 5.75 Å². The molecule has 9 nitrogen and oxygen atoms in total. The Morgan fingerprint density at radius 3 is 2.85 bits per heavy atom. The highest BCUT2D eigenvalue weighted by molar-refractivity contribution is 7.09. The number of carbonyl (C=O) groups is 2. The van der Waals surface area contributed by atoms with E-state index in [9.17, 15) is 20.0 Å². The molecule has 10 heteroatoms. The predicted octanol–water partition coefficient (Wildman–Crippen LogP) is 3.71. The highest BCUT2D eigenvalue weighted by Gasteiger charge is 2.44. The van der Waals surface area contributed by atoms with Gasteiger partial charge in [-0.25, -0.2) is 9.78 Å². The number of amides is 1. The van der Waals surface area contributed by atoms with Gasteiger partial charge in [0, 0.05) is 30.9 Å². The molecule has 0 aliphatic carbocycles. The van der Waals surface area contributed by atoms with Crippen molar-refractivity contribution in [3.8, 4) is 11.8 Å². The van der Waals surface area contributed by atoms with Crippen molar-refractivity contribution in [3.05, 3.63) is 45.1 Å². The van der Waals surface area contributed by atoms with Crippen molar-refractivity contribution < 1.29 is 28.6 Å². The summed E-state index contributed by atoms with van der Waals surface area (Å²) >= 11 is 1.47. The second-order valence-corrected chi connectivity index (χ2v) is 9.06. The van der Waals surface area contributed by atoms with Crippen LogP contribution < -0.4 is 10.1 Å². The molecule has 2 atom stereocenters. The minimum Gasteiger partial charge on any atom is -0.488 e. The largest absolute Gasteiger partial charge is 0.488 e. The number of carboxylic acid groups (broad SMARTS) is 1. The molecule has 2 aromatic heterocycles. The molecule has 0 radical (unpaired) electrons. The van der Waals surface area contributed by atoms with E-state index in [0.717, 1.165) is 10.6 Å². The number of thiazole rings is 1. The second kappa shape index (κ2) is 8.84. The molecule has 2 unspecified atom stereocenters. The number of carbonyl (C=O) groups excluding carboxylic acids is 1. The van der Waals surface area contributed by atoms with Gasteiger partial charge in [-0.2, -0.15) is 5.26 Å². The van der Waals surface area contributed by atoms with Crippen LogP contribution in [0.2, 0.25) is 0 Å². The number of ether oxygens (including phenoxy) is 2. The fourth-order valence-electron chi connectivity index (χ4n) is 4.08. The van der Waals surface area contributed by atoms with Gasteiger partial charge in [-0.15, -0.1) is 11.3 Å². The Kier molecular flexibility index (Phi) is 6.10. The Morgan fingerprint density at radius 2 is 2.21 bits per heavy atom. The number of fused-ring (bicyclic) bond motifs is 1. The predicted molar refractivity (Wildman–Crippen MR) is 119 cm³/mol. The average molecular weight is 470 g/mol. The van der Waals surface area contributed by atoms with Crippen molar-refractivity contribution in [1.29, 1.82) is 5.26 Å². The van der Waals surface area contributed by atoms with Gasteiger partial charge in [-0.3, -0.25) is 4.79 Å². The summed E-state index contributed by atoms with van der Waals surface area (Å²) in [6.45, 7) is 5.76. The first-order valence-electron chi connectivity index (χ1n) is 10.4. The maximum atomic E-state index is 13.3. The van der Waals surface area contributed by atoms with E-state index >= 15 is 0 Å². The van der Waals surface area contributed by atoms with E-state index in [2.05, 4.69) is 16.4 Å². The van der Waals surface area contributed by atoms with E-state index in [1.54, 1.807) is 31.5 Å². The minimum absolute atomic E-state index is 0.148. The number of hydrogen-bond acceptors (Lipinski definition) is 8. The molecule has 1 aromatic carbocycles. The Morgan fingerprint density at radius 1 is 1.42 bits per heavy atom. The molecule has 172 valence electrons.